The number of esters is 1. The molecule has 0 fully saturated rings. The SMILES string of the molecule is C=C.C=C/C(=C\C)C(C)OC(=O)Cc1ccccc1.CBr. The van der Waals surface area contributed by atoms with Crippen molar-refractivity contribution >= 4 is 21.9 Å². The summed E-state index contributed by atoms with van der Waals surface area (Å²) < 4.78 is 5.32. The lowest BCUT2D eigenvalue weighted by atomic mass is 10.1. The average Bonchev–Trinajstić information content (AvgIpc) is 2.53. The summed E-state index contributed by atoms with van der Waals surface area (Å²) in [4.78, 5) is 11.7. The molecule has 1 aromatic rings. The third-order valence-electron chi connectivity index (χ3n) is 2.54. The van der Waals surface area contributed by atoms with Gasteiger partial charge in [0.1, 0.15) is 6.10 Å². The normalized spacial score (nSPS) is 11.0. The molecule has 0 saturated heterocycles. The Kier molecular flexibility index (Phi) is 15.3. The third-order valence-corrected chi connectivity index (χ3v) is 2.54. The van der Waals surface area contributed by atoms with Crippen LogP contribution in [0.2, 0.25) is 0 Å². The molecule has 1 aromatic carbocycles. The number of hydrogen-bond acceptors (Lipinski definition) is 2. The monoisotopic (exact) mass is 352 g/mol. The molecule has 0 heterocycles. The van der Waals surface area contributed by atoms with Crippen molar-refractivity contribution in [3.63, 3.8) is 0 Å². The van der Waals surface area contributed by atoms with E-state index in [-0.39, 0.29) is 12.1 Å². The first kappa shape index (κ1) is 21.7. The summed E-state index contributed by atoms with van der Waals surface area (Å²) in [6, 6.07) is 9.57. The Labute approximate surface area is 137 Å². The molecule has 116 valence electrons. The van der Waals surface area contributed by atoms with Crippen LogP contribution >= 0.6 is 15.9 Å². The first-order valence-corrected chi connectivity index (χ1v) is 8.15. The highest BCUT2D eigenvalue weighted by Crippen LogP contribution is 2.09. The van der Waals surface area contributed by atoms with Gasteiger partial charge < -0.3 is 4.74 Å². The Hall–Kier alpha value is -1.61. The predicted octanol–water partition coefficient (Wildman–Crippen LogP) is 5.11. The number of hydrogen-bond donors (Lipinski definition) is 0. The van der Waals surface area contributed by atoms with Crippen molar-refractivity contribution in [1.82, 2.24) is 0 Å². The lowest BCUT2D eigenvalue weighted by molar-refractivity contribution is -0.145. The molecular formula is C18H25BrO2. The van der Waals surface area contributed by atoms with Crippen molar-refractivity contribution < 1.29 is 9.53 Å². The van der Waals surface area contributed by atoms with Crippen molar-refractivity contribution in [3.05, 3.63) is 73.4 Å². The maximum Gasteiger partial charge on any atom is 0.310 e. The van der Waals surface area contributed by atoms with Crippen LogP contribution < -0.4 is 0 Å². The van der Waals surface area contributed by atoms with Gasteiger partial charge in [-0.05, 0) is 30.8 Å². The second-order valence-corrected chi connectivity index (χ2v) is 3.79. The van der Waals surface area contributed by atoms with E-state index in [2.05, 4.69) is 35.7 Å². The molecule has 0 N–H and O–H groups in total. The first-order valence-electron chi connectivity index (χ1n) is 6.57. The third kappa shape index (κ3) is 9.85. The molecule has 0 aliphatic rings. The second-order valence-electron chi connectivity index (χ2n) is 3.79. The molecule has 1 rings (SSSR count). The van der Waals surface area contributed by atoms with Crippen molar-refractivity contribution in [2.45, 2.75) is 26.4 Å². The molecule has 0 saturated carbocycles. The van der Waals surface area contributed by atoms with E-state index in [1.807, 2.05) is 56.1 Å². The van der Waals surface area contributed by atoms with Crippen LogP contribution in [0.15, 0.2) is 67.8 Å². The fraction of sp³-hybridized carbons (Fsp3) is 0.278. The van der Waals surface area contributed by atoms with Crippen LogP contribution in [0, 0.1) is 0 Å². The molecule has 0 aliphatic heterocycles. The van der Waals surface area contributed by atoms with Crippen molar-refractivity contribution in [2.24, 2.45) is 0 Å². The van der Waals surface area contributed by atoms with Crippen molar-refractivity contribution in [3.8, 4) is 0 Å². The Bertz CT molecular complexity index is 424. The van der Waals surface area contributed by atoms with Gasteiger partial charge in [-0.1, -0.05) is 65.0 Å². The Morgan fingerprint density at radius 3 is 2.24 bits per heavy atom. The van der Waals surface area contributed by atoms with E-state index < -0.39 is 0 Å². The van der Waals surface area contributed by atoms with Crippen LogP contribution in [0.3, 0.4) is 0 Å². The van der Waals surface area contributed by atoms with E-state index in [4.69, 9.17) is 4.74 Å². The summed E-state index contributed by atoms with van der Waals surface area (Å²) in [5.74, 6) is 1.59. The molecular weight excluding hydrogens is 328 g/mol. The standard InChI is InChI=1S/C15H18O2.C2H4.CH3Br/c1-4-14(5-2)12(3)17-15(16)11-13-9-7-6-8-10-13;2*1-2/h4-10,12H,1,11H2,2-3H3;1-2H2;1H3/b14-5+;;. The van der Waals surface area contributed by atoms with Crippen LogP contribution in [0.4, 0.5) is 0 Å². The van der Waals surface area contributed by atoms with Gasteiger partial charge in [0.2, 0.25) is 0 Å². The number of halogens is 1. The summed E-state index contributed by atoms with van der Waals surface area (Å²) in [7, 11) is 0. The Balaban J connectivity index is 0. The zero-order chi connectivity index (χ0) is 16.7. The smallest absolute Gasteiger partial charge is 0.310 e. The minimum absolute atomic E-state index is 0.218. The number of alkyl halides is 1. The zero-order valence-corrected chi connectivity index (χ0v) is 14.7. The molecule has 1 atom stereocenters. The van der Waals surface area contributed by atoms with Gasteiger partial charge in [0, 0.05) is 0 Å². The van der Waals surface area contributed by atoms with Crippen LogP contribution in [-0.2, 0) is 16.0 Å². The summed E-state index contributed by atoms with van der Waals surface area (Å²) >= 11 is 2.94. The molecule has 21 heavy (non-hydrogen) atoms. The summed E-state index contributed by atoms with van der Waals surface area (Å²) in [6.45, 7) is 13.4. The number of allylic oxidation sites excluding steroid dienone is 1. The molecule has 0 spiro atoms. The maximum atomic E-state index is 11.7. The van der Waals surface area contributed by atoms with Crippen LogP contribution in [-0.4, -0.2) is 17.9 Å². The summed E-state index contributed by atoms with van der Waals surface area (Å²) in [5.41, 5.74) is 1.89. The van der Waals surface area contributed by atoms with E-state index in [9.17, 15) is 4.79 Å². The molecule has 0 aliphatic carbocycles. The number of carbonyl (C=O) groups is 1. The van der Waals surface area contributed by atoms with Gasteiger partial charge in [-0.15, -0.1) is 13.2 Å². The minimum Gasteiger partial charge on any atom is -0.458 e. The molecule has 0 radical (unpaired) electrons. The molecule has 3 heteroatoms. The number of carbonyl (C=O) groups excluding carboxylic acids is 1. The number of benzene rings is 1. The molecule has 0 aromatic heterocycles. The Morgan fingerprint density at radius 1 is 1.29 bits per heavy atom. The largest absolute Gasteiger partial charge is 0.458 e. The maximum absolute atomic E-state index is 11.7. The molecule has 1 unspecified atom stereocenters. The van der Waals surface area contributed by atoms with Crippen molar-refractivity contribution in [1.29, 1.82) is 0 Å². The van der Waals surface area contributed by atoms with E-state index >= 15 is 0 Å². The summed E-state index contributed by atoms with van der Waals surface area (Å²) in [6.07, 6.45) is 3.67. The van der Waals surface area contributed by atoms with E-state index in [1.54, 1.807) is 6.08 Å². The highest BCUT2D eigenvalue weighted by Gasteiger charge is 2.11. The van der Waals surface area contributed by atoms with Gasteiger partial charge in [0.25, 0.3) is 0 Å². The van der Waals surface area contributed by atoms with Crippen molar-refractivity contribution in [2.75, 3.05) is 5.83 Å². The quantitative estimate of drug-likeness (QED) is 0.318. The average molecular weight is 353 g/mol. The van der Waals surface area contributed by atoms with Gasteiger partial charge in [0.05, 0.1) is 6.42 Å². The first-order chi connectivity index (χ1) is 10.2. The van der Waals surface area contributed by atoms with Gasteiger partial charge in [-0.3, -0.25) is 4.79 Å². The fourth-order valence-corrected chi connectivity index (χ4v) is 1.59. The topological polar surface area (TPSA) is 26.3 Å². The fourth-order valence-electron chi connectivity index (χ4n) is 1.59. The molecule has 2 nitrogen and oxygen atoms in total. The van der Waals surface area contributed by atoms with Gasteiger partial charge in [-0.2, -0.15) is 0 Å². The zero-order valence-electron chi connectivity index (χ0n) is 13.1. The van der Waals surface area contributed by atoms with Gasteiger partial charge in [0.15, 0.2) is 0 Å². The van der Waals surface area contributed by atoms with Crippen LogP contribution in [0.1, 0.15) is 19.4 Å². The highest BCUT2D eigenvalue weighted by atomic mass is 79.9. The molecule has 0 amide bonds. The van der Waals surface area contributed by atoms with Crippen LogP contribution in [0.5, 0.6) is 0 Å². The lowest BCUT2D eigenvalue weighted by Gasteiger charge is -2.14. The van der Waals surface area contributed by atoms with Gasteiger partial charge in [-0.25, -0.2) is 0 Å². The predicted molar refractivity (Wildman–Crippen MR) is 95.8 cm³/mol. The van der Waals surface area contributed by atoms with E-state index in [0.29, 0.717) is 6.42 Å². The van der Waals surface area contributed by atoms with E-state index in [1.165, 1.54) is 0 Å². The van der Waals surface area contributed by atoms with Crippen LogP contribution in [0.25, 0.3) is 0 Å². The number of ether oxygens (including phenoxy) is 1. The second kappa shape index (κ2) is 14.8. The highest BCUT2D eigenvalue weighted by molar-refractivity contribution is 9.08. The summed E-state index contributed by atoms with van der Waals surface area (Å²) in [5, 5.41) is 0. The lowest BCUT2D eigenvalue weighted by Crippen LogP contribution is -2.17. The molecule has 0 bridgehead atoms. The van der Waals surface area contributed by atoms with E-state index in [0.717, 1.165) is 11.1 Å². The Morgan fingerprint density at radius 2 is 1.81 bits per heavy atom. The van der Waals surface area contributed by atoms with Gasteiger partial charge >= 0.3 is 5.97 Å². The number of rotatable bonds is 5. The minimum atomic E-state index is -0.242.